The fourth-order valence-electron chi connectivity index (χ4n) is 3.96. The normalized spacial score (nSPS) is 12.3. The van der Waals surface area contributed by atoms with Crippen LogP contribution in [0.5, 0.6) is 0 Å². The molecule has 0 unspecified atom stereocenters. The van der Waals surface area contributed by atoms with Crippen molar-refractivity contribution in [2.45, 2.75) is 59.5 Å². The minimum atomic E-state index is -3.74. The standard InChI is InChI=1S/C26H37N3O4S/c1-7-23(26(31)27-19(2)3)28(16-15-22-11-9-8-10-12-22)25(30)18-29(34(6,32)33)24-14-13-20(4)17-21(24)5/h8-14,17,19,23H,7,15-16,18H2,1-6H3,(H,27,31)/t23-/m1/s1. The van der Waals surface area contributed by atoms with Crippen LogP contribution in [0.4, 0.5) is 5.69 Å². The Hall–Kier alpha value is -2.87. The van der Waals surface area contributed by atoms with Crippen LogP contribution in [0, 0.1) is 13.8 Å². The molecule has 0 aliphatic rings. The van der Waals surface area contributed by atoms with Gasteiger partial charge < -0.3 is 10.2 Å². The van der Waals surface area contributed by atoms with E-state index in [1.807, 2.05) is 77.1 Å². The molecular formula is C26H37N3O4S. The third-order valence-electron chi connectivity index (χ3n) is 5.60. The Labute approximate surface area is 204 Å². The highest BCUT2D eigenvalue weighted by molar-refractivity contribution is 7.92. The number of hydrogen-bond donors (Lipinski definition) is 1. The molecule has 0 spiro atoms. The van der Waals surface area contributed by atoms with Crippen LogP contribution >= 0.6 is 0 Å². The average Bonchev–Trinajstić information content (AvgIpc) is 2.74. The molecule has 34 heavy (non-hydrogen) atoms. The maximum absolute atomic E-state index is 13.6. The number of sulfonamides is 1. The van der Waals surface area contributed by atoms with E-state index in [-0.39, 0.29) is 18.5 Å². The van der Waals surface area contributed by atoms with E-state index in [0.29, 0.717) is 25.1 Å². The highest BCUT2D eigenvalue weighted by Crippen LogP contribution is 2.24. The molecule has 2 aromatic carbocycles. The first-order valence-electron chi connectivity index (χ1n) is 11.6. The SMILES string of the molecule is CC[C@H](C(=O)NC(C)C)N(CCc1ccccc1)C(=O)CN(c1ccc(C)cc1C)S(C)(=O)=O. The van der Waals surface area contributed by atoms with Crippen LogP contribution in [0.1, 0.15) is 43.9 Å². The average molecular weight is 488 g/mol. The van der Waals surface area contributed by atoms with Crippen molar-refractivity contribution in [2.24, 2.45) is 0 Å². The molecule has 1 atom stereocenters. The highest BCUT2D eigenvalue weighted by atomic mass is 32.2. The molecule has 0 aliphatic carbocycles. The van der Waals surface area contributed by atoms with Crippen molar-refractivity contribution >= 4 is 27.5 Å². The van der Waals surface area contributed by atoms with Gasteiger partial charge in [0.1, 0.15) is 12.6 Å². The van der Waals surface area contributed by atoms with E-state index < -0.39 is 22.0 Å². The van der Waals surface area contributed by atoms with Crippen molar-refractivity contribution in [3.63, 3.8) is 0 Å². The van der Waals surface area contributed by atoms with Crippen molar-refractivity contribution in [3.05, 3.63) is 65.2 Å². The smallest absolute Gasteiger partial charge is 0.244 e. The van der Waals surface area contributed by atoms with E-state index in [0.717, 1.165) is 27.3 Å². The molecule has 1 N–H and O–H groups in total. The summed E-state index contributed by atoms with van der Waals surface area (Å²) in [7, 11) is -3.74. The lowest BCUT2D eigenvalue weighted by Crippen LogP contribution is -2.54. The Morgan fingerprint density at radius 2 is 1.68 bits per heavy atom. The lowest BCUT2D eigenvalue weighted by atomic mass is 10.1. The number of hydrogen-bond acceptors (Lipinski definition) is 4. The summed E-state index contributed by atoms with van der Waals surface area (Å²) in [5.74, 6) is -0.650. The van der Waals surface area contributed by atoms with E-state index in [1.54, 1.807) is 6.07 Å². The van der Waals surface area contributed by atoms with Crippen LogP contribution in [-0.2, 0) is 26.0 Å². The van der Waals surface area contributed by atoms with Crippen molar-refractivity contribution in [1.29, 1.82) is 0 Å². The van der Waals surface area contributed by atoms with E-state index in [1.165, 1.54) is 4.90 Å². The lowest BCUT2D eigenvalue weighted by Gasteiger charge is -2.33. The highest BCUT2D eigenvalue weighted by Gasteiger charge is 2.32. The third-order valence-corrected chi connectivity index (χ3v) is 6.73. The minimum Gasteiger partial charge on any atom is -0.352 e. The molecule has 0 saturated heterocycles. The van der Waals surface area contributed by atoms with E-state index in [2.05, 4.69) is 5.32 Å². The molecule has 0 heterocycles. The molecule has 2 aromatic rings. The van der Waals surface area contributed by atoms with Gasteiger partial charge in [-0.05, 0) is 57.7 Å². The van der Waals surface area contributed by atoms with Gasteiger partial charge in [-0.25, -0.2) is 8.42 Å². The van der Waals surface area contributed by atoms with Crippen molar-refractivity contribution < 1.29 is 18.0 Å². The van der Waals surface area contributed by atoms with Gasteiger partial charge in [0.05, 0.1) is 11.9 Å². The zero-order chi connectivity index (χ0) is 25.5. The molecule has 0 radical (unpaired) electrons. The van der Waals surface area contributed by atoms with Gasteiger partial charge in [-0.15, -0.1) is 0 Å². The van der Waals surface area contributed by atoms with Crippen molar-refractivity contribution in [1.82, 2.24) is 10.2 Å². The number of nitrogens with one attached hydrogen (secondary N) is 1. The molecule has 0 aromatic heterocycles. The van der Waals surface area contributed by atoms with Gasteiger partial charge in [-0.2, -0.15) is 0 Å². The van der Waals surface area contributed by atoms with Gasteiger partial charge in [0.25, 0.3) is 0 Å². The fraction of sp³-hybridized carbons (Fsp3) is 0.462. The summed E-state index contributed by atoms with van der Waals surface area (Å²) < 4.78 is 26.5. The number of anilines is 1. The van der Waals surface area contributed by atoms with Crippen LogP contribution < -0.4 is 9.62 Å². The molecule has 0 saturated carbocycles. The van der Waals surface area contributed by atoms with Crippen LogP contribution in [0.25, 0.3) is 0 Å². The Morgan fingerprint density at radius 3 is 2.21 bits per heavy atom. The van der Waals surface area contributed by atoms with E-state index >= 15 is 0 Å². The lowest BCUT2D eigenvalue weighted by molar-refractivity contribution is -0.139. The second-order valence-electron chi connectivity index (χ2n) is 8.97. The fourth-order valence-corrected chi connectivity index (χ4v) is 4.86. The predicted molar refractivity (Wildman–Crippen MR) is 137 cm³/mol. The number of carbonyl (C=O) groups is 2. The monoisotopic (exact) mass is 487 g/mol. The number of amides is 2. The Morgan fingerprint density at radius 1 is 1.03 bits per heavy atom. The largest absolute Gasteiger partial charge is 0.352 e. The quantitative estimate of drug-likeness (QED) is 0.526. The summed E-state index contributed by atoms with van der Waals surface area (Å²) in [6.07, 6.45) is 2.07. The second-order valence-corrected chi connectivity index (χ2v) is 10.9. The van der Waals surface area contributed by atoms with E-state index in [4.69, 9.17) is 0 Å². The Kier molecular flexibility index (Phi) is 9.67. The molecule has 0 aliphatic heterocycles. The molecule has 2 amide bonds. The van der Waals surface area contributed by atoms with Crippen LogP contribution in [0.2, 0.25) is 0 Å². The number of carbonyl (C=O) groups excluding carboxylic acids is 2. The number of aryl methyl sites for hydroxylation is 2. The Bertz CT molecular complexity index is 1080. The maximum atomic E-state index is 13.6. The maximum Gasteiger partial charge on any atom is 0.244 e. The van der Waals surface area contributed by atoms with Gasteiger partial charge in [0.2, 0.25) is 21.8 Å². The molecular weight excluding hydrogens is 450 g/mol. The zero-order valence-electron chi connectivity index (χ0n) is 21.0. The summed E-state index contributed by atoms with van der Waals surface area (Å²) in [5, 5.41) is 2.89. The van der Waals surface area contributed by atoms with Crippen molar-refractivity contribution in [3.8, 4) is 0 Å². The van der Waals surface area contributed by atoms with Crippen LogP contribution in [0.3, 0.4) is 0 Å². The summed E-state index contributed by atoms with van der Waals surface area (Å²) >= 11 is 0. The minimum absolute atomic E-state index is 0.0737. The Balaban J connectivity index is 2.39. The van der Waals surface area contributed by atoms with Gasteiger partial charge in [0, 0.05) is 12.6 Å². The first-order chi connectivity index (χ1) is 15.9. The topological polar surface area (TPSA) is 86.8 Å². The van der Waals surface area contributed by atoms with Crippen LogP contribution in [-0.4, -0.2) is 56.6 Å². The van der Waals surface area contributed by atoms with Gasteiger partial charge in [-0.3, -0.25) is 13.9 Å². The van der Waals surface area contributed by atoms with Gasteiger partial charge >= 0.3 is 0 Å². The van der Waals surface area contributed by atoms with Crippen LogP contribution in [0.15, 0.2) is 48.5 Å². The van der Waals surface area contributed by atoms with E-state index in [9.17, 15) is 18.0 Å². The predicted octanol–water partition coefficient (Wildman–Crippen LogP) is 3.44. The molecule has 8 heteroatoms. The molecule has 2 rings (SSSR count). The second kappa shape index (κ2) is 12.0. The number of rotatable bonds is 11. The zero-order valence-corrected chi connectivity index (χ0v) is 21.9. The first kappa shape index (κ1) is 27.4. The molecule has 186 valence electrons. The summed E-state index contributed by atoms with van der Waals surface area (Å²) in [6.45, 7) is 9.27. The first-order valence-corrected chi connectivity index (χ1v) is 13.5. The molecule has 0 fully saturated rings. The molecule has 7 nitrogen and oxygen atoms in total. The summed E-state index contributed by atoms with van der Waals surface area (Å²) in [4.78, 5) is 28.1. The summed E-state index contributed by atoms with van der Waals surface area (Å²) in [5.41, 5.74) is 3.26. The van der Waals surface area contributed by atoms with Gasteiger partial charge in [0.15, 0.2) is 0 Å². The number of benzene rings is 2. The van der Waals surface area contributed by atoms with Crippen molar-refractivity contribution in [2.75, 3.05) is 23.7 Å². The third kappa shape index (κ3) is 7.58. The van der Waals surface area contributed by atoms with Gasteiger partial charge in [-0.1, -0.05) is 55.0 Å². The number of nitrogens with zero attached hydrogens (tertiary/aromatic N) is 2. The molecule has 0 bridgehead atoms. The summed E-state index contributed by atoms with van der Waals surface area (Å²) in [6, 6.07) is 14.4.